The molecule has 2 rings (SSSR count). The van der Waals surface area contributed by atoms with E-state index < -0.39 is 11.9 Å². The minimum atomic E-state index is -0.488. The summed E-state index contributed by atoms with van der Waals surface area (Å²) in [4.78, 5) is 13.4. The second kappa shape index (κ2) is 4.71. The van der Waals surface area contributed by atoms with Gasteiger partial charge in [-0.15, -0.1) is 0 Å². The lowest BCUT2D eigenvalue weighted by Gasteiger charge is -2.30. The third-order valence-corrected chi connectivity index (χ3v) is 2.88. The van der Waals surface area contributed by atoms with Gasteiger partial charge in [-0.05, 0) is 18.9 Å². The highest BCUT2D eigenvalue weighted by Crippen LogP contribution is 2.26. The highest BCUT2D eigenvalue weighted by atomic mass is 19.1. The number of methoxy groups -OCH3 is 1. The van der Waals surface area contributed by atoms with Crippen molar-refractivity contribution in [3.63, 3.8) is 0 Å². The molecule has 0 bridgehead atoms. The minimum absolute atomic E-state index is 0.163. The van der Waals surface area contributed by atoms with Gasteiger partial charge in [0.2, 0.25) is 5.91 Å². The zero-order valence-corrected chi connectivity index (χ0v) is 9.65. The molecule has 1 atom stereocenters. The fourth-order valence-electron chi connectivity index (χ4n) is 1.98. The van der Waals surface area contributed by atoms with Crippen LogP contribution < -0.4 is 15.4 Å². The van der Waals surface area contributed by atoms with Gasteiger partial charge in [0.05, 0.1) is 18.8 Å². The Kier molecular flexibility index (Phi) is 3.28. The van der Waals surface area contributed by atoms with Crippen LogP contribution in [-0.2, 0) is 4.79 Å². The molecule has 1 aliphatic rings. The van der Waals surface area contributed by atoms with Crippen molar-refractivity contribution in [2.75, 3.05) is 18.6 Å². The summed E-state index contributed by atoms with van der Waals surface area (Å²) in [6, 6.07) is 3.74. The van der Waals surface area contributed by atoms with E-state index in [0.29, 0.717) is 24.4 Å². The lowest BCUT2D eigenvalue weighted by Crippen LogP contribution is -2.48. The fraction of sp³-hybridized carbons (Fsp3) is 0.417. The monoisotopic (exact) mass is 238 g/mol. The average Bonchev–Trinajstić information content (AvgIpc) is 2.31. The highest BCUT2D eigenvalue weighted by Gasteiger charge is 2.27. The number of piperidine rings is 1. The number of nitrogens with two attached hydrogens (primary N) is 1. The van der Waals surface area contributed by atoms with Crippen molar-refractivity contribution in [2.24, 2.45) is 5.73 Å². The van der Waals surface area contributed by atoms with Gasteiger partial charge >= 0.3 is 0 Å². The number of hydrogen-bond donors (Lipinski definition) is 1. The third-order valence-electron chi connectivity index (χ3n) is 2.88. The van der Waals surface area contributed by atoms with Crippen LogP contribution in [0, 0.1) is 5.82 Å². The van der Waals surface area contributed by atoms with E-state index in [1.807, 2.05) is 0 Å². The van der Waals surface area contributed by atoms with Crippen molar-refractivity contribution in [2.45, 2.75) is 18.9 Å². The zero-order chi connectivity index (χ0) is 12.4. The Morgan fingerprint density at radius 3 is 2.94 bits per heavy atom. The first-order chi connectivity index (χ1) is 8.11. The average molecular weight is 238 g/mol. The molecule has 2 N–H and O–H groups in total. The van der Waals surface area contributed by atoms with E-state index in [4.69, 9.17) is 10.5 Å². The number of nitrogens with zero attached hydrogens (tertiary/aromatic N) is 1. The van der Waals surface area contributed by atoms with E-state index >= 15 is 0 Å². The van der Waals surface area contributed by atoms with E-state index in [-0.39, 0.29) is 5.91 Å². The molecule has 0 radical (unpaired) electrons. The van der Waals surface area contributed by atoms with Crippen LogP contribution in [-0.4, -0.2) is 25.6 Å². The molecule has 0 aliphatic carbocycles. The number of anilines is 1. The molecule has 5 heteroatoms. The molecular formula is C12H15FN2O2. The maximum Gasteiger partial charge on any atom is 0.243 e. The number of benzene rings is 1. The van der Waals surface area contributed by atoms with Crippen LogP contribution in [0.15, 0.2) is 18.2 Å². The summed E-state index contributed by atoms with van der Waals surface area (Å²) in [6.45, 7) is 0.569. The number of ether oxygens (including phenoxy) is 1. The maximum atomic E-state index is 13.3. The smallest absolute Gasteiger partial charge is 0.243 e. The Balaban J connectivity index is 2.32. The number of amides is 1. The maximum absolute atomic E-state index is 13.3. The Morgan fingerprint density at radius 1 is 1.47 bits per heavy atom. The summed E-state index contributed by atoms with van der Waals surface area (Å²) in [6.07, 6.45) is 1.51. The molecule has 0 spiro atoms. The van der Waals surface area contributed by atoms with E-state index in [2.05, 4.69) is 0 Å². The van der Waals surface area contributed by atoms with Gasteiger partial charge in [0.15, 0.2) is 0 Å². The molecule has 1 aliphatic heterocycles. The quantitative estimate of drug-likeness (QED) is 0.844. The van der Waals surface area contributed by atoms with Gasteiger partial charge in [0.1, 0.15) is 11.6 Å². The van der Waals surface area contributed by atoms with Crippen LogP contribution >= 0.6 is 0 Å². The molecule has 1 heterocycles. The number of carbonyl (C=O) groups excluding carboxylic acids is 1. The summed E-state index contributed by atoms with van der Waals surface area (Å²) in [5.41, 5.74) is 6.20. The van der Waals surface area contributed by atoms with Crippen LogP contribution in [0.25, 0.3) is 0 Å². The molecule has 1 amide bonds. The Bertz CT molecular complexity index is 437. The predicted octanol–water partition coefficient (Wildman–Crippen LogP) is 1.29. The largest absolute Gasteiger partial charge is 0.497 e. The Labute approximate surface area is 99.2 Å². The van der Waals surface area contributed by atoms with Gasteiger partial charge in [0, 0.05) is 18.7 Å². The van der Waals surface area contributed by atoms with Crippen LogP contribution in [0.2, 0.25) is 0 Å². The van der Waals surface area contributed by atoms with Crippen molar-refractivity contribution in [1.29, 1.82) is 0 Å². The number of rotatable bonds is 2. The second-order valence-corrected chi connectivity index (χ2v) is 4.09. The molecular weight excluding hydrogens is 223 g/mol. The molecule has 0 saturated carbocycles. The van der Waals surface area contributed by atoms with Crippen LogP contribution in [0.5, 0.6) is 5.75 Å². The summed E-state index contributed by atoms with van der Waals surface area (Å²) in [5.74, 6) is -0.192. The van der Waals surface area contributed by atoms with Gasteiger partial charge < -0.3 is 15.4 Å². The summed E-state index contributed by atoms with van der Waals surface area (Å²) in [5, 5.41) is 0. The minimum Gasteiger partial charge on any atom is -0.497 e. The van der Waals surface area contributed by atoms with Crippen molar-refractivity contribution in [1.82, 2.24) is 0 Å². The molecule has 4 nitrogen and oxygen atoms in total. The van der Waals surface area contributed by atoms with E-state index in [1.54, 1.807) is 6.07 Å². The molecule has 1 aromatic rings. The summed E-state index contributed by atoms with van der Waals surface area (Å²) < 4.78 is 18.3. The lowest BCUT2D eigenvalue weighted by molar-refractivity contribution is -0.120. The molecule has 1 fully saturated rings. The summed E-state index contributed by atoms with van der Waals surface area (Å²) >= 11 is 0. The van der Waals surface area contributed by atoms with Gasteiger partial charge in [-0.1, -0.05) is 0 Å². The normalized spacial score (nSPS) is 20.5. The standard InChI is InChI=1S/C12H15FN2O2/c1-17-10-6-8(13)5-9(7-10)15-4-2-3-11(14)12(15)16/h5-7,11H,2-4,14H2,1H3. The van der Waals surface area contributed by atoms with E-state index in [9.17, 15) is 9.18 Å². The topological polar surface area (TPSA) is 55.6 Å². The molecule has 1 unspecified atom stereocenters. The van der Waals surface area contributed by atoms with E-state index in [1.165, 1.54) is 24.1 Å². The molecule has 0 aromatic heterocycles. The van der Waals surface area contributed by atoms with Gasteiger partial charge in [-0.25, -0.2) is 4.39 Å². The van der Waals surface area contributed by atoms with Crippen molar-refractivity contribution < 1.29 is 13.9 Å². The number of carbonyl (C=O) groups is 1. The molecule has 17 heavy (non-hydrogen) atoms. The van der Waals surface area contributed by atoms with Crippen molar-refractivity contribution in [3.05, 3.63) is 24.0 Å². The molecule has 92 valence electrons. The van der Waals surface area contributed by atoms with Crippen LogP contribution in [0.3, 0.4) is 0 Å². The highest BCUT2D eigenvalue weighted by molar-refractivity contribution is 5.97. The number of hydrogen-bond acceptors (Lipinski definition) is 3. The zero-order valence-electron chi connectivity index (χ0n) is 9.65. The van der Waals surface area contributed by atoms with Gasteiger partial charge in [-0.2, -0.15) is 0 Å². The predicted molar refractivity (Wildman–Crippen MR) is 62.5 cm³/mol. The molecule has 1 saturated heterocycles. The second-order valence-electron chi connectivity index (χ2n) is 4.09. The molecule has 1 aromatic carbocycles. The van der Waals surface area contributed by atoms with Crippen LogP contribution in [0.4, 0.5) is 10.1 Å². The first-order valence-electron chi connectivity index (χ1n) is 5.53. The van der Waals surface area contributed by atoms with Gasteiger partial charge in [0.25, 0.3) is 0 Å². The lowest BCUT2D eigenvalue weighted by atomic mass is 10.0. The number of halogens is 1. The Morgan fingerprint density at radius 2 is 2.24 bits per heavy atom. The fourth-order valence-corrected chi connectivity index (χ4v) is 1.98. The van der Waals surface area contributed by atoms with Crippen LogP contribution in [0.1, 0.15) is 12.8 Å². The third kappa shape index (κ3) is 2.39. The van der Waals surface area contributed by atoms with Gasteiger partial charge in [-0.3, -0.25) is 4.79 Å². The Hall–Kier alpha value is -1.62. The van der Waals surface area contributed by atoms with E-state index in [0.717, 1.165) is 6.42 Å². The first-order valence-corrected chi connectivity index (χ1v) is 5.53. The van der Waals surface area contributed by atoms with Crippen molar-refractivity contribution >= 4 is 11.6 Å². The first kappa shape index (κ1) is 11.9. The SMILES string of the molecule is COc1cc(F)cc(N2CCCC(N)C2=O)c1. The van der Waals surface area contributed by atoms with Crippen molar-refractivity contribution in [3.8, 4) is 5.75 Å². The summed E-state index contributed by atoms with van der Waals surface area (Å²) in [7, 11) is 1.46.